The maximum Gasteiger partial charge on any atom is 0.344 e. The van der Waals surface area contributed by atoms with E-state index in [2.05, 4.69) is 15.7 Å². The van der Waals surface area contributed by atoms with Crippen LogP contribution in [0.25, 0.3) is 10.9 Å². The molecule has 0 aliphatic carbocycles. The summed E-state index contributed by atoms with van der Waals surface area (Å²) >= 11 is 1.25. The first kappa shape index (κ1) is 20.9. The lowest BCUT2D eigenvalue weighted by Gasteiger charge is -2.25. The zero-order chi connectivity index (χ0) is 22.0. The van der Waals surface area contributed by atoms with Crippen LogP contribution < -0.4 is 10.7 Å². The standard InChI is InChI=1S/C23H22N4O3S/c1-3-23(16-9-5-4-6-10-16)21(29)27(22(30)25-23)26-19(28)14-31-20-13-15(2)17-11-7-8-12-18(17)24-20/h4-13H,3,14H2,1-2H3,(H,25,30)(H,26,28). The molecule has 1 aliphatic rings. The normalized spacial score (nSPS) is 18.3. The van der Waals surface area contributed by atoms with Crippen LogP contribution in [-0.4, -0.2) is 33.6 Å². The average molecular weight is 435 g/mol. The Hall–Kier alpha value is -3.39. The Kier molecular flexibility index (Phi) is 5.65. The molecule has 1 fully saturated rings. The van der Waals surface area contributed by atoms with E-state index in [1.807, 2.05) is 62.4 Å². The monoisotopic (exact) mass is 434 g/mol. The van der Waals surface area contributed by atoms with Gasteiger partial charge in [0.2, 0.25) is 5.91 Å². The van der Waals surface area contributed by atoms with Crippen molar-refractivity contribution in [3.8, 4) is 0 Å². The molecule has 1 saturated heterocycles. The third-order valence-corrected chi connectivity index (χ3v) is 6.29. The molecule has 0 spiro atoms. The summed E-state index contributed by atoms with van der Waals surface area (Å²) < 4.78 is 0. The molecule has 7 nitrogen and oxygen atoms in total. The minimum atomic E-state index is -1.18. The summed E-state index contributed by atoms with van der Waals surface area (Å²) in [6.45, 7) is 3.81. The van der Waals surface area contributed by atoms with Gasteiger partial charge in [-0.3, -0.25) is 15.0 Å². The molecule has 2 heterocycles. The molecular weight excluding hydrogens is 412 g/mol. The van der Waals surface area contributed by atoms with Crippen LogP contribution in [0, 0.1) is 6.92 Å². The van der Waals surface area contributed by atoms with Crippen LogP contribution in [0.5, 0.6) is 0 Å². The number of hydrazine groups is 1. The first-order chi connectivity index (χ1) is 14.9. The van der Waals surface area contributed by atoms with E-state index in [1.54, 1.807) is 12.1 Å². The van der Waals surface area contributed by atoms with Gasteiger partial charge in [0, 0.05) is 5.39 Å². The van der Waals surface area contributed by atoms with Crippen LogP contribution in [0.3, 0.4) is 0 Å². The van der Waals surface area contributed by atoms with E-state index < -0.39 is 23.4 Å². The van der Waals surface area contributed by atoms with Gasteiger partial charge in [-0.05, 0) is 36.6 Å². The van der Waals surface area contributed by atoms with Gasteiger partial charge in [0.15, 0.2) is 0 Å². The molecule has 1 aliphatic heterocycles. The Morgan fingerprint density at radius 2 is 1.84 bits per heavy atom. The number of carbonyl (C=O) groups excluding carboxylic acids is 3. The summed E-state index contributed by atoms with van der Waals surface area (Å²) in [4.78, 5) is 42.7. The lowest BCUT2D eigenvalue weighted by atomic mass is 9.87. The maximum absolute atomic E-state index is 13.1. The van der Waals surface area contributed by atoms with Crippen molar-refractivity contribution in [2.75, 3.05) is 5.75 Å². The first-order valence-corrected chi connectivity index (χ1v) is 10.9. The Morgan fingerprint density at radius 1 is 1.13 bits per heavy atom. The molecule has 0 radical (unpaired) electrons. The fourth-order valence-corrected chi connectivity index (χ4v) is 4.49. The Bertz CT molecular complexity index is 1170. The lowest BCUT2D eigenvalue weighted by Crippen LogP contribution is -2.49. The Morgan fingerprint density at radius 3 is 2.58 bits per heavy atom. The summed E-state index contributed by atoms with van der Waals surface area (Å²) in [7, 11) is 0. The molecule has 158 valence electrons. The number of benzene rings is 2. The van der Waals surface area contributed by atoms with Crippen LogP contribution in [-0.2, 0) is 15.1 Å². The molecule has 31 heavy (non-hydrogen) atoms. The third-order valence-electron chi connectivity index (χ3n) is 5.38. The highest BCUT2D eigenvalue weighted by Crippen LogP contribution is 2.31. The summed E-state index contributed by atoms with van der Waals surface area (Å²) in [6, 6.07) is 18.1. The van der Waals surface area contributed by atoms with Crippen molar-refractivity contribution in [2.45, 2.75) is 30.8 Å². The topological polar surface area (TPSA) is 91.4 Å². The fourth-order valence-electron chi connectivity index (χ4n) is 3.73. The number of carbonyl (C=O) groups is 3. The minimum absolute atomic E-state index is 0.0201. The molecule has 1 aromatic heterocycles. The van der Waals surface area contributed by atoms with E-state index >= 15 is 0 Å². The van der Waals surface area contributed by atoms with Crippen LogP contribution in [0.1, 0.15) is 24.5 Å². The van der Waals surface area contributed by atoms with Crippen molar-refractivity contribution in [1.82, 2.24) is 20.7 Å². The van der Waals surface area contributed by atoms with Crippen molar-refractivity contribution in [2.24, 2.45) is 0 Å². The summed E-state index contributed by atoms with van der Waals surface area (Å²) in [5.41, 5.74) is 3.86. The van der Waals surface area contributed by atoms with Gasteiger partial charge < -0.3 is 5.32 Å². The van der Waals surface area contributed by atoms with Crippen LogP contribution in [0.15, 0.2) is 65.7 Å². The van der Waals surface area contributed by atoms with Gasteiger partial charge in [0.05, 0.1) is 16.3 Å². The molecule has 0 bridgehead atoms. The molecule has 4 rings (SSSR count). The van der Waals surface area contributed by atoms with Crippen LogP contribution in [0.2, 0.25) is 0 Å². The zero-order valence-corrected chi connectivity index (χ0v) is 18.0. The van der Waals surface area contributed by atoms with E-state index in [4.69, 9.17) is 0 Å². The number of hydrogen-bond donors (Lipinski definition) is 2. The number of aromatic nitrogens is 1. The number of hydrogen-bond acceptors (Lipinski definition) is 5. The molecule has 2 aromatic carbocycles. The Balaban J connectivity index is 1.45. The molecule has 8 heteroatoms. The highest BCUT2D eigenvalue weighted by molar-refractivity contribution is 7.99. The maximum atomic E-state index is 13.1. The number of para-hydroxylation sites is 1. The second kappa shape index (κ2) is 8.39. The van der Waals surface area contributed by atoms with Gasteiger partial charge in [0.1, 0.15) is 5.54 Å². The number of imide groups is 1. The molecule has 4 amide bonds. The van der Waals surface area contributed by atoms with E-state index in [0.717, 1.165) is 21.5 Å². The predicted molar refractivity (Wildman–Crippen MR) is 119 cm³/mol. The van der Waals surface area contributed by atoms with E-state index in [9.17, 15) is 14.4 Å². The van der Waals surface area contributed by atoms with Gasteiger partial charge in [0.25, 0.3) is 5.91 Å². The fraction of sp³-hybridized carbons (Fsp3) is 0.217. The number of pyridine rings is 1. The third kappa shape index (κ3) is 3.86. The molecule has 3 aromatic rings. The van der Waals surface area contributed by atoms with Gasteiger partial charge in [-0.25, -0.2) is 9.78 Å². The molecule has 2 N–H and O–H groups in total. The largest absolute Gasteiger partial charge is 0.344 e. The van der Waals surface area contributed by atoms with Crippen molar-refractivity contribution >= 4 is 40.5 Å². The second-order valence-corrected chi connectivity index (χ2v) is 8.31. The SMILES string of the molecule is CCC1(c2ccccc2)NC(=O)N(NC(=O)CSc2cc(C)c3ccccc3n2)C1=O. The van der Waals surface area contributed by atoms with Gasteiger partial charge in [-0.2, -0.15) is 5.01 Å². The smallest absolute Gasteiger partial charge is 0.318 e. The van der Waals surface area contributed by atoms with Gasteiger partial charge in [-0.15, -0.1) is 0 Å². The van der Waals surface area contributed by atoms with E-state index in [-0.39, 0.29) is 5.75 Å². The number of amides is 4. The number of rotatable bonds is 6. The molecular formula is C23H22N4O3S. The zero-order valence-electron chi connectivity index (χ0n) is 17.2. The highest BCUT2D eigenvalue weighted by atomic mass is 32.2. The predicted octanol–water partition coefficient (Wildman–Crippen LogP) is 3.52. The van der Waals surface area contributed by atoms with Crippen LogP contribution >= 0.6 is 11.8 Å². The summed E-state index contributed by atoms with van der Waals surface area (Å²) in [5, 5.41) is 5.29. The Labute approximate surface area is 184 Å². The molecule has 1 unspecified atom stereocenters. The number of thioether (sulfide) groups is 1. The molecule has 1 atom stereocenters. The average Bonchev–Trinajstić information content (AvgIpc) is 3.03. The van der Waals surface area contributed by atoms with Gasteiger partial charge in [-0.1, -0.05) is 67.2 Å². The van der Waals surface area contributed by atoms with Gasteiger partial charge >= 0.3 is 6.03 Å². The second-order valence-electron chi connectivity index (χ2n) is 7.31. The number of aryl methyl sites for hydroxylation is 1. The van der Waals surface area contributed by atoms with Crippen molar-refractivity contribution in [3.63, 3.8) is 0 Å². The van der Waals surface area contributed by atoms with Crippen molar-refractivity contribution in [1.29, 1.82) is 0 Å². The minimum Gasteiger partial charge on any atom is -0.318 e. The first-order valence-electron chi connectivity index (χ1n) is 9.95. The van der Waals surface area contributed by atoms with E-state index in [0.29, 0.717) is 17.0 Å². The lowest BCUT2D eigenvalue weighted by molar-refractivity contribution is -0.138. The van der Waals surface area contributed by atoms with Crippen molar-refractivity contribution in [3.05, 3.63) is 71.8 Å². The number of nitrogens with zero attached hydrogens (tertiary/aromatic N) is 2. The number of fused-ring (bicyclic) bond motifs is 1. The summed E-state index contributed by atoms with van der Waals surface area (Å²) in [5.74, 6) is -0.933. The molecule has 0 saturated carbocycles. The van der Waals surface area contributed by atoms with Crippen LogP contribution in [0.4, 0.5) is 4.79 Å². The highest BCUT2D eigenvalue weighted by Gasteiger charge is 2.52. The quantitative estimate of drug-likeness (QED) is 0.458. The van der Waals surface area contributed by atoms with E-state index in [1.165, 1.54) is 11.8 Å². The number of urea groups is 1. The number of nitrogens with one attached hydrogen (secondary N) is 2. The summed E-state index contributed by atoms with van der Waals surface area (Å²) in [6.07, 6.45) is 0.364. The van der Waals surface area contributed by atoms with Crippen molar-refractivity contribution < 1.29 is 14.4 Å².